The highest BCUT2D eigenvalue weighted by Gasteiger charge is 2.27. The summed E-state index contributed by atoms with van der Waals surface area (Å²) < 4.78 is 5.43. The molecule has 8 heteroatoms. The SMILES string of the molecule is CC1CCC(N2CCN(Cc3nc(-c4cccnc4Cl)no3)CC2)CC1.Cl. The third-order valence-corrected chi connectivity index (χ3v) is 6.04. The van der Waals surface area contributed by atoms with Crippen molar-refractivity contribution in [2.24, 2.45) is 5.92 Å². The Balaban J connectivity index is 0.00000210. The molecular weight excluding hydrogens is 385 g/mol. The van der Waals surface area contributed by atoms with E-state index in [0.29, 0.717) is 29.0 Å². The molecule has 1 saturated heterocycles. The van der Waals surface area contributed by atoms with E-state index >= 15 is 0 Å². The van der Waals surface area contributed by atoms with E-state index in [1.54, 1.807) is 6.20 Å². The Morgan fingerprint density at radius 2 is 1.89 bits per heavy atom. The summed E-state index contributed by atoms with van der Waals surface area (Å²) in [5, 5.41) is 4.46. The van der Waals surface area contributed by atoms with Crippen molar-refractivity contribution < 1.29 is 4.52 Å². The Morgan fingerprint density at radius 3 is 2.59 bits per heavy atom. The van der Waals surface area contributed by atoms with E-state index in [9.17, 15) is 0 Å². The van der Waals surface area contributed by atoms with Crippen LogP contribution in [0.5, 0.6) is 0 Å². The van der Waals surface area contributed by atoms with Gasteiger partial charge in [0.1, 0.15) is 5.15 Å². The highest BCUT2D eigenvalue weighted by atomic mass is 35.5. The molecule has 1 saturated carbocycles. The maximum atomic E-state index is 6.11. The molecule has 148 valence electrons. The van der Waals surface area contributed by atoms with Crippen LogP contribution in [0.25, 0.3) is 11.4 Å². The molecule has 2 fully saturated rings. The Morgan fingerprint density at radius 1 is 1.15 bits per heavy atom. The molecule has 2 aliphatic rings. The van der Waals surface area contributed by atoms with E-state index in [0.717, 1.165) is 38.1 Å². The van der Waals surface area contributed by atoms with Gasteiger partial charge >= 0.3 is 0 Å². The van der Waals surface area contributed by atoms with Gasteiger partial charge in [0.05, 0.1) is 12.1 Å². The third kappa shape index (κ3) is 4.99. The minimum absolute atomic E-state index is 0. The minimum Gasteiger partial charge on any atom is -0.338 e. The number of hydrogen-bond acceptors (Lipinski definition) is 6. The van der Waals surface area contributed by atoms with Crippen LogP contribution in [-0.2, 0) is 6.54 Å². The van der Waals surface area contributed by atoms with E-state index < -0.39 is 0 Å². The van der Waals surface area contributed by atoms with Gasteiger partial charge in [-0.1, -0.05) is 23.7 Å². The average Bonchev–Trinajstić information content (AvgIpc) is 3.12. The molecule has 4 rings (SSSR count). The highest BCUT2D eigenvalue weighted by molar-refractivity contribution is 6.31. The summed E-state index contributed by atoms with van der Waals surface area (Å²) in [6, 6.07) is 4.46. The summed E-state index contributed by atoms with van der Waals surface area (Å²) in [5.74, 6) is 2.06. The largest absolute Gasteiger partial charge is 0.338 e. The monoisotopic (exact) mass is 411 g/mol. The van der Waals surface area contributed by atoms with E-state index in [-0.39, 0.29) is 12.4 Å². The standard InChI is InChI=1S/C19H26ClN5O.ClH/c1-14-4-6-15(7-5-14)25-11-9-24(10-12-25)13-17-22-19(23-26-17)16-3-2-8-21-18(16)20;/h2-3,8,14-15H,4-7,9-13H2,1H3;1H. The Hall–Kier alpha value is -1.21. The first-order valence-electron chi connectivity index (χ1n) is 9.59. The molecule has 0 bridgehead atoms. The first kappa shape index (κ1) is 20.5. The molecule has 2 aromatic heterocycles. The molecule has 0 N–H and O–H groups in total. The van der Waals surface area contributed by atoms with E-state index in [1.807, 2.05) is 12.1 Å². The fourth-order valence-corrected chi connectivity index (χ4v) is 4.27. The Bertz CT molecular complexity index is 724. The normalized spacial score (nSPS) is 24.5. The zero-order valence-corrected chi connectivity index (χ0v) is 17.3. The number of halogens is 2. The van der Waals surface area contributed by atoms with Crippen LogP contribution in [0.2, 0.25) is 5.15 Å². The van der Waals surface area contributed by atoms with Gasteiger partial charge in [0.15, 0.2) is 0 Å². The van der Waals surface area contributed by atoms with Crippen molar-refractivity contribution in [1.29, 1.82) is 0 Å². The van der Waals surface area contributed by atoms with E-state index in [2.05, 4.69) is 31.8 Å². The zero-order valence-electron chi connectivity index (χ0n) is 15.7. The number of hydrogen-bond donors (Lipinski definition) is 0. The minimum atomic E-state index is 0. The van der Waals surface area contributed by atoms with Gasteiger partial charge in [-0.25, -0.2) is 4.98 Å². The van der Waals surface area contributed by atoms with Gasteiger partial charge in [0.2, 0.25) is 11.7 Å². The second kappa shape index (κ2) is 9.32. The lowest BCUT2D eigenvalue weighted by Gasteiger charge is -2.41. The summed E-state index contributed by atoms with van der Waals surface area (Å²) in [5.41, 5.74) is 0.709. The Labute approximate surface area is 171 Å². The molecule has 1 aliphatic heterocycles. The maximum absolute atomic E-state index is 6.11. The number of pyridine rings is 1. The van der Waals surface area contributed by atoms with Gasteiger partial charge in [0, 0.05) is 38.4 Å². The van der Waals surface area contributed by atoms with Crippen molar-refractivity contribution in [3.63, 3.8) is 0 Å². The highest BCUT2D eigenvalue weighted by Crippen LogP contribution is 2.28. The van der Waals surface area contributed by atoms with Gasteiger partial charge in [-0.3, -0.25) is 9.80 Å². The summed E-state index contributed by atoms with van der Waals surface area (Å²) >= 11 is 6.11. The van der Waals surface area contributed by atoms with Gasteiger partial charge in [-0.15, -0.1) is 12.4 Å². The van der Waals surface area contributed by atoms with Crippen molar-refractivity contribution in [3.8, 4) is 11.4 Å². The number of rotatable bonds is 4. The van der Waals surface area contributed by atoms with E-state index in [4.69, 9.17) is 16.1 Å². The van der Waals surface area contributed by atoms with Crippen molar-refractivity contribution in [2.45, 2.75) is 45.2 Å². The molecule has 3 heterocycles. The smallest absolute Gasteiger partial charge is 0.241 e. The van der Waals surface area contributed by atoms with Gasteiger partial charge < -0.3 is 4.52 Å². The molecule has 0 amide bonds. The van der Waals surface area contributed by atoms with Crippen LogP contribution in [0.15, 0.2) is 22.9 Å². The number of nitrogens with zero attached hydrogens (tertiary/aromatic N) is 5. The quantitative estimate of drug-likeness (QED) is 0.710. The van der Waals surface area contributed by atoms with Crippen LogP contribution in [-0.4, -0.2) is 57.1 Å². The van der Waals surface area contributed by atoms with Gasteiger partial charge in [0.25, 0.3) is 0 Å². The molecular formula is C19H27Cl2N5O. The zero-order chi connectivity index (χ0) is 17.9. The summed E-state index contributed by atoms with van der Waals surface area (Å²) in [7, 11) is 0. The van der Waals surface area contributed by atoms with Crippen LogP contribution in [0.1, 0.15) is 38.5 Å². The van der Waals surface area contributed by atoms with Crippen LogP contribution in [0, 0.1) is 5.92 Å². The lowest BCUT2D eigenvalue weighted by atomic mass is 9.86. The van der Waals surface area contributed by atoms with Crippen LogP contribution in [0.3, 0.4) is 0 Å². The summed E-state index contributed by atoms with van der Waals surface area (Å²) in [6.45, 7) is 7.45. The molecule has 0 atom stereocenters. The first-order chi connectivity index (χ1) is 12.7. The van der Waals surface area contributed by atoms with Crippen LogP contribution < -0.4 is 0 Å². The molecule has 0 radical (unpaired) electrons. The molecule has 0 aromatic carbocycles. The fraction of sp³-hybridized carbons (Fsp3) is 0.632. The Kier molecular flexibility index (Phi) is 7.09. The molecule has 0 spiro atoms. The van der Waals surface area contributed by atoms with Crippen LogP contribution >= 0.6 is 24.0 Å². The molecule has 1 aliphatic carbocycles. The fourth-order valence-electron chi connectivity index (χ4n) is 4.07. The molecule has 6 nitrogen and oxygen atoms in total. The molecule has 0 unspecified atom stereocenters. The van der Waals surface area contributed by atoms with Crippen molar-refractivity contribution in [1.82, 2.24) is 24.9 Å². The number of piperazine rings is 1. The topological polar surface area (TPSA) is 58.3 Å². The second-order valence-electron chi connectivity index (χ2n) is 7.58. The predicted molar refractivity (Wildman–Crippen MR) is 108 cm³/mol. The third-order valence-electron chi connectivity index (χ3n) is 5.74. The maximum Gasteiger partial charge on any atom is 0.241 e. The van der Waals surface area contributed by atoms with Gasteiger partial charge in [-0.2, -0.15) is 4.98 Å². The van der Waals surface area contributed by atoms with E-state index in [1.165, 1.54) is 25.7 Å². The van der Waals surface area contributed by atoms with Crippen LogP contribution in [0.4, 0.5) is 0 Å². The molecule has 2 aromatic rings. The van der Waals surface area contributed by atoms with Gasteiger partial charge in [-0.05, 0) is 43.7 Å². The summed E-state index contributed by atoms with van der Waals surface area (Å²) in [6.07, 6.45) is 7.14. The average molecular weight is 412 g/mol. The lowest BCUT2D eigenvalue weighted by molar-refractivity contribution is 0.0642. The van der Waals surface area contributed by atoms with Crippen molar-refractivity contribution in [3.05, 3.63) is 29.4 Å². The second-order valence-corrected chi connectivity index (χ2v) is 7.94. The lowest BCUT2D eigenvalue weighted by Crippen LogP contribution is -2.50. The number of aromatic nitrogens is 3. The predicted octanol–water partition coefficient (Wildman–Crippen LogP) is 3.90. The molecule has 27 heavy (non-hydrogen) atoms. The first-order valence-corrected chi connectivity index (χ1v) is 9.96. The van der Waals surface area contributed by atoms with Crippen molar-refractivity contribution >= 4 is 24.0 Å². The van der Waals surface area contributed by atoms with Crippen molar-refractivity contribution in [2.75, 3.05) is 26.2 Å². The summed E-state index contributed by atoms with van der Waals surface area (Å²) in [4.78, 5) is 13.6.